The summed E-state index contributed by atoms with van der Waals surface area (Å²) in [5, 5.41) is 9.07. The number of carboxylic acid groups (broad SMARTS) is 1. The average molecular weight is 262 g/mol. The van der Waals surface area contributed by atoms with Gasteiger partial charge in [-0.2, -0.15) is 0 Å². The van der Waals surface area contributed by atoms with Crippen LogP contribution in [-0.2, 0) is 0 Å². The Balaban J connectivity index is 2.65. The van der Waals surface area contributed by atoms with Crippen molar-refractivity contribution in [1.29, 1.82) is 0 Å². The highest BCUT2D eigenvalue weighted by Gasteiger charge is 2.14. The first-order valence-electron chi connectivity index (χ1n) is 5.70. The number of halogens is 2. The molecule has 98 valence electrons. The molecule has 0 aliphatic rings. The minimum Gasteiger partial charge on any atom is -0.478 e. The van der Waals surface area contributed by atoms with Gasteiger partial charge in [-0.05, 0) is 48.7 Å². The molecular formula is C15H12F2O2. The van der Waals surface area contributed by atoms with Crippen LogP contribution >= 0.6 is 0 Å². The van der Waals surface area contributed by atoms with Gasteiger partial charge in [-0.3, -0.25) is 0 Å². The van der Waals surface area contributed by atoms with Crippen LogP contribution in [0.3, 0.4) is 0 Å². The van der Waals surface area contributed by atoms with E-state index >= 15 is 0 Å². The van der Waals surface area contributed by atoms with Crippen LogP contribution < -0.4 is 0 Å². The molecule has 0 spiro atoms. The molecule has 19 heavy (non-hydrogen) atoms. The first-order chi connectivity index (χ1) is 8.90. The molecule has 4 heteroatoms. The van der Waals surface area contributed by atoms with E-state index in [0.29, 0.717) is 16.7 Å². The third-order valence-electron chi connectivity index (χ3n) is 2.99. The third-order valence-corrected chi connectivity index (χ3v) is 2.99. The zero-order chi connectivity index (χ0) is 14.2. The van der Waals surface area contributed by atoms with Gasteiger partial charge in [-0.1, -0.05) is 12.1 Å². The number of aromatic carboxylic acids is 1. The van der Waals surface area contributed by atoms with Gasteiger partial charge < -0.3 is 5.11 Å². The molecule has 0 saturated carbocycles. The summed E-state index contributed by atoms with van der Waals surface area (Å²) >= 11 is 0. The van der Waals surface area contributed by atoms with Crippen LogP contribution in [-0.4, -0.2) is 11.1 Å². The molecule has 0 aliphatic heterocycles. The summed E-state index contributed by atoms with van der Waals surface area (Å²) in [6, 6.07) is 6.30. The average Bonchev–Trinajstić information content (AvgIpc) is 2.30. The number of hydrogen-bond donors (Lipinski definition) is 1. The highest BCUT2D eigenvalue weighted by molar-refractivity contribution is 5.92. The molecule has 0 aromatic heterocycles. The molecule has 0 heterocycles. The first kappa shape index (κ1) is 13.2. The Morgan fingerprint density at radius 3 is 2.16 bits per heavy atom. The Hall–Kier alpha value is -2.23. The minimum absolute atomic E-state index is 0.128. The highest BCUT2D eigenvalue weighted by atomic mass is 19.1. The Labute approximate surface area is 109 Å². The molecule has 2 nitrogen and oxygen atoms in total. The second-order valence-electron chi connectivity index (χ2n) is 4.41. The zero-order valence-corrected chi connectivity index (χ0v) is 10.5. The summed E-state index contributed by atoms with van der Waals surface area (Å²) in [6.45, 7) is 3.27. The Kier molecular flexibility index (Phi) is 3.34. The maximum atomic E-state index is 13.7. The molecular weight excluding hydrogens is 250 g/mol. The molecule has 0 aliphatic carbocycles. The van der Waals surface area contributed by atoms with Crippen molar-refractivity contribution in [2.75, 3.05) is 0 Å². The van der Waals surface area contributed by atoms with Gasteiger partial charge in [-0.25, -0.2) is 13.6 Å². The van der Waals surface area contributed by atoms with Gasteiger partial charge in [0.15, 0.2) is 0 Å². The van der Waals surface area contributed by atoms with Gasteiger partial charge in [0.2, 0.25) is 0 Å². The number of rotatable bonds is 2. The van der Waals surface area contributed by atoms with E-state index in [0.717, 1.165) is 18.2 Å². The fourth-order valence-corrected chi connectivity index (χ4v) is 2.18. The van der Waals surface area contributed by atoms with Gasteiger partial charge >= 0.3 is 5.97 Å². The molecule has 2 aromatic carbocycles. The SMILES string of the molecule is Cc1cc(-c2cc(F)ccc2F)cc(C)c1C(=O)O. The minimum atomic E-state index is -1.03. The van der Waals surface area contributed by atoms with E-state index in [1.54, 1.807) is 26.0 Å². The molecule has 2 aromatic rings. The largest absolute Gasteiger partial charge is 0.478 e. The number of hydrogen-bond acceptors (Lipinski definition) is 1. The lowest BCUT2D eigenvalue weighted by molar-refractivity contribution is 0.0695. The molecule has 0 unspecified atom stereocenters. The third kappa shape index (κ3) is 2.47. The van der Waals surface area contributed by atoms with Crippen molar-refractivity contribution < 1.29 is 18.7 Å². The van der Waals surface area contributed by atoms with E-state index in [1.165, 1.54) is 0 Å². The molecule has 0 bridgehead atoms. The van der Waals surface area contributed by atoms with E-state index in [-0.39, 0.29) is 11.1 Å². The van der Waals surface area contributed by atoms with Crippen molar-refractivity contribution in [3.8, 4) is 11.1 Å². The molecule has 2 rings (SSSR count). The van der Waals surface area contributed by atoms with E-state index < -0.39 is 17.6 Å². The topological polar surface area (TPSA) is 37.3 Å². The number of carbonyl (C=O) groups is 1. The van der Waals surface area contributed by atoms with Gasteiger partial charge in [0.05, 0.1) is 5.56 Å². The predicted molar refractivity (Wildman–Crippen MR) is 68.2 cm³/mol. The summed E-state index contributed by atoms with van der Waals surface area (Å²) in [5.41, 5.74) is 1.83. The van der Waals surface area contributed by atoms with Crippen molar-refractivity contribution in [1.82, 2.24) is 0 Å². The molecule has 0 amide bonds. The van der Waals surface area contributed by atoms with Crippen molar-refractivity contribution in [3.63, 3.8) is 0 Å². The van der Waals surface area contributed by atoms with Gasteiger partial charge in [0.1, 0.15) is 11.6 Å². The summed E-state index contributed by atoms with van der Waals surface area (Å²) in [6.07, 6.45) is 0. The number of aryl methyl sites for hydroxylation is 2. The molecule has 1 N–H and O–H groups in total. The van der Waals surface area contributed by atoms with Crippen LogP contribution in [0.25, 0.3) is 11.1 Å². The Morgan fingerprint density at radius 2 is 1.63 bits per heavy atom. The van der Waals surface area contributed by atoms with Crippen molar-refractivity contribution >= 4 is 5.97 Å². The van der Waals surface area contributed by atoms with Crippen LogP contribution in [0.2, 0.25) is 0 Å². The summed E-state index contributed by atoms with van der Waals surface area (Å²) in [7, 11) is 0. The number of carboxylic acids is 1. The van der Waals surface area contributed by atoms with Crippen LogP contribution in [0.15, 0.2) is 30.3 Å². The Morgan fingerprint density at radius 1 is 1.05 bits per heavy atom. The van der Waals surface area contributed by atoms with Crippen LogP contribution in [0.4, 0.5) is 8.78 Å². The molecule has 0 atom stereocenters. The van der Waals surface area contributed by atoms with Crippen molar-refractivity contribution in [3.05, 3.63) is 58.7 Å². The lowest BCUT2D eigenvalue weighted by Crippen LogP contribution is -2.03. The van der Waals surface area contributed by atoms with Crippen molar-refractivity contribution in [2.45, 2.75) is 13.8 Å². The number of benzene rings is 2. The summed E-state index contributed by atoms with van der Waals surface area (Å²) in [4.78, 5) is 11.1. The molecule has 0 radical (unpaired) electrons. The van der Waals surface area contributed by atoms with Crippen molar-refractivity contribution in [2.24, 2.45) is 0 Å². The first-order valence-corrected chi connectivity index (χ1v) is 5.70. The standard InChI is InChI=1S/C15H12F2O2/c1-8-5-10(6-9(2)14(8)15(18)19)12-7-11(16)3-4-13(12)17/h3-7H,1-2H3,(H,18,19). The smallest absolute Gasteiger partial charge is 0.336 e. The normalized spacial score (nSPS) is 10.5. The van der Waals surface area contributed by atoms with Gasteiger partial charge in [-0.15, -0.1) is 0 Å². The lowest BCUT2D eigenvalue weighted by atomic mass is 9.95. The lowest BCUT2D eigenvalue weighted by Gasteiger charge is -2.10. The van der Waals surface area contributed by atoms with E-state index in [2.05, 4.69) is 0 Å². The second-order valence-corrected chi connectivity index (χ2v) is 4.41. The monoisotopic (exact) mass is 262 g/mol. The van der Waals surface area contributed by atoms with E-state index in [4.69, 9.17) is 5.11 Å². The fraction of sp³-hybridized carbons (Fsp3) is 0.133. The van der Waals surface area contributed by atoms with Crippen LogP contribution in [0.1, 0.15) is 21.5 Å². The van der Waals surface area contributed by atoms with Gasteiger partial charge in [0.25, 0.3) is 0 Å². The maximum Gasteiger partial charge on any atom is 0.336 e. The van der Waals surface area contributed by atoms with Gasteiger partial charge in [0, 0.05) is 5.56 Å². The molecule has 0 saturated heterocycles. The molecule has 0 fully saturated rings. The van der Waals surface area contributed by atoms with Crippen LogP contribution in [0.5, 0.6) is 0 Å². The fourth-order valence-electron chi connectivity index (χ4n) is 2.18. The predicted octanol–water partition coefficient (Wildman–Crippen LogP) is 3.95. The van der Waals surface area contributed by atoms with E-state index in [9.17, 15) is 13.6 Å². The Bertz CT molecular complexity index is 640. The maximum absolute atomic E-state index is 13.7. The highest BCUT2D eigenvalue weighted by Crippen LogP contribution is 2.28. The zero-order valence-electron chi connectivity index (χ0n) is 10.5. The van der Waals surface area contributed by atoms with Crippen LogP contribution in [0, 0.1) is 25.5 Å². The summed E-state index contributed by atoms with van der Waals surface area (Å²) < 4.78 is 26.9. The second kappa shape index (κ2) is 4.80. The van der Waals surface area contributed by atoms with E-state index in [1.807, 2.05) is 0 Å². The summed E-state index contributed by atoms with van der Waals surface area (Å²) in [5.74, 6) is -2.10. The quantitative estimate of drug-likeness (QED) is 0.889.